The number of imide groups is 2. The number of hydrogen-bond donors (Lipinski definition) is 2. The maximum atomic E-state index is 15.0. The van der Waals surface area contributed by atoms with Crippen LogP contribution in [-0.4, -0.2) is 45.6 Å². The molecule has 4 aliphatic rings. The molecule has 2 aliphatic carbocycles. The summed E-state index contributed by atoms with van der Waals surface area (Å²) in [4.78, 5) is 47.9. The highest BCUT2D eigenvalue weighted by Crippen LogP contribution is 2.66. The number of benzene rings is 2. The van der Waals surface area contributed by atoms with Crippen molar-refractivity contribution in [3.63, 3.8) is 0 Å². The highest BCUT2D eigenvalue weighted by molar-refractivity contribution is 6.58. The van der Waals surface area contributed by atoms with Gasteiger partial charge in [0.1, 0.15) is 5.69 Å². The van der Waals surface area contributed by atoms with Gasteiger partial charge < -0.3 is 9.84 Å². The average Bonchev–Trinajstić information content (AvgIpc) is 3.33. The Kier molecular flexibility index (Phi) is 6.18. The number of methoxy groups -OCH3 is 1. The van der Waals surface area contributed by atoms with E-state index in [1.807, 2.05) is 0 Å². The van der Waals surface area contributed by atoms with Gasteiger partial charge in [0.25, 0.3) is 11.8 Å². The zero-order chi connectivity index (χ0) is 30.6. The van der Waals surface area contributed by atoms with Crippen LogP contribution in [0.4, 0.5) is 27.6 Å². The van der Waals surface area contributed by atoms with Gasteiger partial charge in [-0.3, -0.25) is 24.5 Å². The van der Waals surface area contributed by atoms with Crippen LogP contribution in [0.3, 0.4) is 0 Å². The number of phenols is 1. The normalized spacial score (nSPS) is 31.9. The fraction of sp³-hybridized carbons (Fsp3) is 0.333. The third-order valence-electron chi connectivity index (χ3n) is 8.60. The van der Waals surface area contributed by atoms with Crippen molar-refractivity contribution in [2.75, 3.05) is 12.0 Å². The number of nitrogens with zero attached hydrogens (tertiary/aromatic N) is 1. The third kappa shape index (κ3) is 3.34. The Hall–Kier alpha value is -3.71. The second kappa shape index (κ2) is 9.14. The van der Waals surface area contributed by atoms with E-state index in [0.29, 0.717) is 0 Å². The van der Waals surface area contributed by atoms with Crippen LogP contribution in [0.1, 0.15) is 24.3 Å². The molecule has 1 saturated carbocycles. The second-order valence-electron chi connectivity index (χ2n) is 10.5. The van der Waals surface area contributed by atoms with Gasteiger partial charge in [0, 0.05) is 5.92 Å². The molecule has 15 heteroatoms. The number of amides is 4. The highest BCUT2D eigenvalue weighted by atomic mass is 35.5. The van der Waals surface area contributed by atoms with Crippen LogP contribution in [0.25, 0.3) is 0 Å². The largest absolute Gasteiger partial charge is 0.504 e. The summed E-state index contributed by atoms with van der Waals surface area (Å²) >= 11 is 13.9. The summed E-state index contributed by atoms with van der Waals surface area (Å²) in [5, 5.41) is 12.4. The lowest BCUT2D eigenvalue weighted by Crippen LogP contribution is -2.60. The number of carbonyl (C=O) groups excluding carboxylic acids is 4. The summed E-state index contributed by atoms with van der Waals surface area (Å²) < 4.78 is 77.3. The summed E-state index contributed by atoms with van der Waals surface area (Å²) in [7, 11) is 1.22. The number of phenolic OH excluding ortho intramolecular Hbond substituents is 1. The molecule has 2 heterocycles. The molecule has 6 atom stereocenters. The standard InChI is InChI=1S/C27H17Cl2F5N2O6/c1-42-13-6-8(2-5-12(13)37)15-9-3-4-10-14(23(39)35-22(10)38)11(9)7-26(28)24(40)36(25(41)27(15,26)29)21-19(33)17(31)16(30)18(32)20(21)34/h2-3,5-6,10-11,14-15,37H,4,7H2,1H3,(H,35,38,39). The number of allylic oxidation sites excluding steroid dienone is 2. The minimum absolute atomic E-state index is 0.0194. The Labute approximate surface area is 243 Å². The van der Waals surface area contributed by atoms with Crippen LogP contribution in [-0.2, 0) is 19.2 Å². The molecule has 0 aromatic heterocycles. The molecule has 6 unspecified atom stereocenters. The van der Waals surface area contributed by atoms with Gasteiger partial charge in [-0.2, -0.15) is 0 Å². The van der Waals surface area contributed by atoms with E-state index in [-0.39, 0.29) is 34.0 Å². The van der Waals surface area contributed by atoms with Crippen molar-refractivity contribution in [1.29, 1.82) is 0 Å². The first-order valence-corrected chi connectivity index (χ1v) is 13.2. The summed E-state index contributed by atoms with van der Waals surface area (Å²) in [6, 6.07) is 3.74. The van der Waals surface area contributed by atoms with Gasteiger partial charge in [-0.25, -0.2) is 26.9 Å². The van der Waals surface area contributed by atoms with Crippen molar-refractivity contribution in [3.05, 3.63) is 64.5 Å². The molecule has 2 aromatic rings. The van der Waals surface area contributed by atoms with E-state index in [9.17, 15) is 46.2 Å². The van der Waals surface area contributed by atoms with E-state index in [2.05, 4.69) is 5.32 Å². The number of carbonyl (C=O) groups is 4. The quantitative estimate of drug-likeness (QED) is 0.133. The number of hydrogen-bond acceptors (Lipinski definition) is 6. The lowest BCUT2D eigenvalue weighted by atomic mass is 9.56. The molecule has 0 bridgehead atoms. The van der Waals surface area contributed by atoms with Crippen LogP contribution in [0.5, 0.6) is 11.5 Å². The van der Waals surface area contributed by atoms with Gasteiger partial charge >= 0.3 is 0 Å². The molecule has 42 heavy (non-hydrogen) atoms. The molecule has 220 valence electrons. The van der Waals surface area contributed by atoms with Crippen LogP contribution in [0.15, 0.2) is 29.8 Å². The average molecular weight is 631 g/mol. The lowest BCUT2D eigenvalue weighted by Gasteiger charge is -2.50. The van der Waals surface area contributed by atoms with Gasteiger partial charge in [-0.1, -0.05) is 17.7 Å². The number of rotatable bonds is 3. The van der Waals surface area contributed by atoms with Gasteiger partial charge in [0.15, 0.2) is 44.5 Å². The predicted molar refractivity (Wildman–Crippen MR) is 134 cm³/mol. The van der Waals surface area contributed by atoms with E-state index in [0.717, 1.165) is 0 Å². The molecule has 3 fully saturated rings. The third-order valence-corrected chi connectivity index (χ3v) is 10.0. The van der Waals surface area contributed by atoms with E-state index in [1.165, 1.54) is 25.3 Å². The van der Waals surface area contributed by atoms with E-state index >= 15 is 0 Å². The zero-order valence-corrected chi connectivity index (χ0v) is 22.6. The molecule has 2 aliphatic heterocycles. The van der Waals surface area contributed by atoms with Gasteiger partial charge in [-0.15, -0.1) is 23.2 Å². The first-order valence-electron chi connectivity index (χ1n) is 12.4. The molecular formula is C27H17Cl2F5N2O6. The van der Waals surface area contributed by atoms with Gasteiger partial charge in [-0.05, 0) is 36.5 Å². The lowest BCUT2D eigenvalue weighted by molar-refractivity contribution is -0.127. The predicted octanol–water partition coefficient (Wildman–Crippen LogP) is 3.95. The Morgan fingerprint density at radius 1 is 0.929 bits per heavy atom. The Bertz CT molecular complexity index is 1660. The van der Waals surface area contributed by atoms with Crippen molar-refractivity contribution in [2.24, 2.45) is 17.8 Å². The summed E-state index contributed by atoms with van der Waals surface area (Å²) in [6.45, 7) is 0. The van der Waals surface area contributed by atoms with Crippen molar-refractivity contribution in [3.8, 4) is 11.5 Å². The van der Waals surface area contributed by atoms with Crippen LogP contribution >= 0.6 is 23.2 Å². The number of alkyl halides is 2. The second-order valence-corrected chi connectivity index (χ2v) is 11.7. The fourth-order valence-corrected chi connectivity index (χ4v) is 7.66. The number of anilines is 1. The molecule has 0 radical (unpaired) electrons. The molecule has 2 N–H and O–H groups in total. The Balaban J connectivity index is 1.62. The van der Waals surface area contributed by atoms with Crippen LogP contribution in [0.2, 0.25) is 0 Å². The fourth-order valence-electron chi connectivity index (χ4n) is 6.73. The van der Waals surface area contributed by atoms with Gasteiger partial charge in [0.05, 0.1) is 18.9 Å². The van der Waals surface area contributed by atoms with Crippen LogP contribution in [0, 0.1) is 46.8 Å². The van der Waals surface area contributed by atoms with Crippen molar-refractivity contribution in [1.82, 2.24) is 5.32 Å². The summed E-state index contributed by atoms with van der Waals surface area (Å²) in [5.74, 6) is -21.5. The Morgan fingerprint density at radius 3 is 2.17 bits per heavy atom. The zero-order valence-electron chi connectivity index (χ0n) is 21.1. The number of halogens is 7. The van der Waals surface area contributed by atoms with Crippen molar-refractivity contribution < 1.29 is 51.0 Å². The first-order chi connectivity index (χ1) is 19.7. The highest BCUT2D eigenvalue weighted by Gasteiger charge is 2.77. The first kappa shape index (κ1) is 28.4. The Morgan fingerprint density at radius 2 is 1.55 bits per heavy atom. The molecule has 2 saturated heterocycles. The molecule has 2 aromatic carbocycles. The SMILES string of the molecule is COc1cc(C2C3=CCC4C(=O)NC(=O)C4C3CC3(Cl)C(=O)N(c4c(F)c(F)c(F)c(F)c4F)C(=O)C23Cl)ccc1O. The number of aromatic hydroxyl groups is 1. The smallest absolute Gasteiger partial charge is 0.258 e. The van der Waals surface area contributed by atoms with E-state index < -0.39 is 98.2 Å². The van der Waals surface area contributed by atoms with E-state index in [1.54, 1.807) is 6.08 Å². The monoisotopic (exact) mass is 630 g/mol. The van der Waals surface area contributed by atoms with Crippen LogP contribution < -0.4 is 15.0 Å². The maximum absolute atomic E-state index is 15.0. The van der Waals surface area contributed by atoms with Crippen molar-refractivity contribution >= 4 is 52.5 Å². The minimum Gasteiger partial charge on any atom is -0.504 e. The maximum Gasteiger partial charge on any atom is 0.258 e. The summed E-state index contributed by atoms with van der Waals surface area (Å²) in [6.07, 6.45) is 0.965. The number of fused-ring (bicyclic) bond motifs is 4. The van der Waals surface area contributed by atoms with Gasteiger partial charge in [0.2, 0.25) is 17.6 Å². The number of ether oxygens (including phenoxy) is 1. The topological polar surface area (TPSA) is 113 Å². The minimum atomic E-state index is -2.65. The van der Waals surface area contributed by atoms with Crippen molar-refractivity contribution in [2.45, 2.75) is 28.5 Å². The van der Waals surface area contributed by atoms with E-state index in [4.69, 9.17) is 27.9 Å². The molecule has 0 spiro atoms. The molecular weight excluding hydrogens is 614 g/mol. The molecule has 6 rings (SSSR count). The summed E-state index contributed by atoms with van der Waals surface area (Å²) in [5.41, 5.74) is -1.48. The number of nitrogens with one attached hydrogen (secondary N) is 1. The molecule has 8 nitrogen and oxygen atoms in total. The molecule has 4 amide bonds.